The van der Waals surface area contributed by atoms with Crippen molar-refractivity contribution in [3.05, 3.63) is 35.9 Å². The Kier molecular flexibility index (Phi) is 5.46. The summed E-state index contributed by atoms with van der Waals surface area (Å²) in [6, 6.07) is 6.78. The SMILES string of the molecule is C=C(Cl)CNS(=O)(=O)CCOc1cccc(N)c1. The quantitative estimate of drug-likeness (QED) is 0.742. The molecule has 0 aliphatic carbocycles. The van der Waals surface area contributed by atoms with Crippen molar-refractivity contribution in [2.24, 2.45) is 0 Å². The summed E-state index contributed by atoms with van der Waals surface area (Å²) in [5.74, 6) is 0.373. The number of nitrogens with two attached hydrogens (primary N) is 1. The molecule has 0 saturated carbocycles. The van der Waals surface area contributed by atoms with Crippen LogP contribution in [0.1, 0.15) is 0 Å². The van der Waals surface area contributed by atoms with Crippen LogP contribution in [0.25, 0.3) is 0 Å². The zero-order valence-electron chi connectivity index (χ0n) is 9.73. The lowest BCUT2D eigenvalue weighted by Gasteiger charge is -2.08. The lowest BCUT2D eigenvalue weighted by molar-refractivity contribution is 0.340. The topological polar surface area (TPSA) is 81.4 Å². The summed E-state index contributed by atoms with van der Waals surface area (Å²) in [6.07, 6.45) is 0. The number of nitrogens with one attached hydrogen (secondary N) is 1. The molecule has 0 amide bonds. The van der Waals surface area contributed by atoms with E-state index >= 15 is 0 Å². The van der Waals surface area contributed by atoms with Gasteiger partial charge in [0.25, 0.3) is 0 Å². The Bertz CT molecular complexity index is 517. The monoisotopic (exact) mass is 290 g/mol. The lowest BCUT2D eigenvalue weighted by atomic mass is 10.3. The minimum Gasteiger partial charge on any atom is -0.492 e. The molecule has 0 unspecified atom stereocenters. The number of benzene rings is 1. The first-order chi connectivity index (χ1) is 8.39. The normalized spacial score (nSPS) is 11.2. The van der Waals surface area contributed by atoms with E-state index in [0.29, 0.717) is 11.4 Å². The second-order valence-electron chi connectivity index (χ2n) is 3.58. The van der Waals surface area contributed by atoms with Crippen LogP contribution in [0.15, 0.2) is 35.9 Å². The van der Waals surface area contributed by atoms with E-state index < -0.39 is 10.0 Å². The average Bonchev–Trinajstić information content (AvgIpc) is 2.26. The molecule has 1 aromatic carbocycles. The van der Waals surface area contributed by atoms with E-state index in [9.17, 15) is 8.42 Å². The first kappa shape index (κ1) is 14.8. The van der Waals surface area contributed by atoms with Crippen LogP contribution in [-0.4, -0.2) is 27.3 Å². The van der Waals surface area contributed by atoms with Gasteiger partial charge in [-0.15, -0.1) is 0 Å². The summed E-state index contributed by atoms with van der Waals surface area (Å²) in [7, 11) is -3.41. The van der Waals surface area contributed by atoms with Gasteiger partial charge in [-0.3, -0.25) is 0 Å². The third kappa shape index (κ3) is 5.90. The molecule has 0 saturated heterocycles. The smallest absolute Gasteiger partial charge is 0.215 e. The van der Waals surface area contributed by atoms with E-state index in [1.54, 1.807) is 24.3 Å². The first-order valence-electron chi connectivity index (χ1n) is 5.18. The zero-order valence-corrected chi connectivity index (χ0v) is 11.3. The summed E-state index contributed by atoms with van der Waals surface area (Å²) in [5.41, 5.74) is 6.12. The highest BCUT2D eigenvalue weighted by Gasteiger charge is 2.10. The Morgan fingerprint density at radius 1 is 1.50 bits per heavy atom. The zero-order chi connectivity index (χ0) is 13.6. The van der Waals surface area contributed by atoms with Gasteiger partial charge in [-0.05, 0) is 12.1 Å². The van der Waals surface area contributed by atoms with Crippen LogP contribution in [0, 0.1) is 0 Å². The third-order valence-corrected chi connectivity index (χ3v) is 3.38. The third-order valence-electron chi connectivity index (χ3n) is 1.96. The van der Waals surface area contributed by atoms with Crippen molar-refractivity contribution in [2.45, 2.75) is 0 Å². The minimum absolute atomic E-state index is 0.0160. The van der Waals surface area contributed by atoms with Gasteiger partial charge < -0.3 is 10.5 Å². The maximum Gasteiger partial charge on any atom is 0.215 e. The van der Waals surface area contributed by atoms with Crippen LogP contribution in [0.4, 0.5) is 5.69 Å². The van der Waals surface area contributed by atoms with Crippen molar-refractivity contribution in [1.29, 1.82) is 0 Å². The van der Waals surface area contributed by atoms with Gasteiger partial charge in [0.2, 0.25) is 10.0 Å². The van der Waals surface area contributed by atoms with E-state index in [2.05, 4.69) is 11.3 Å². The van der Waals surface area contributed by atoms with E-state index in [4.69, 9.17) is 22.1 Å². The summed E-state index contributed by atoms with van der Waals surface area (Å²) >= 11 is 5.46. The molecule has 0 bridgehead atoms. The van der Waals surface area contributed by atoms with Crippen LogP contribution >= 0.6 is 11.6 Å². The fraction of sp³-hybridized carbons (Fsp3) is 0.273. The summed E-state index contributed by atoms with van der Waals surface area (Å²) in [5, 5.41) is 0.232. The maximum absolute atomic E-state index is 11.5. The van der Waals surface area contributed by atoms with Gasteiger partial charge in [0.1, 0.15) is 12.4 Å². The number of hydrogen-bond donors (Lipinski definition) is 2. The van der Waals surface area contributed by atoms with Gasteiger partial charge in [-0.2, -0.15) is 0 Å². The van der Waals surface area contributed by atoms with Crippen molar-refractivity contribution < 1.29 is 13.2 Å². The first-order valence-corrected chi connectivity index (χ1v) is 7.21. The molecule has 5 nitrogen and oxygen atoms in total. The predicted molar refractivity (Wildman–Crippen MR) is 73.1 cm³/mol. The van der Waals surface area contributed by atoms with Crippen LogP contribution in [-0.2, 0) is 10.0 Å². The van der Waals surface area contributed by atoms with Gasteiger partial charge in [0.15, 0.2) is 0 Å². The fourth-order valence-corrected chi connectivity index (χ4v) is 2.12. The second kappa shape index (κ2) is 6.63. The molecule has 0 aliphatic heterocycles. The summed E-state index contributed by atoms with van der Waals surface area (Å²) < 4.78 is 30.5. The number of hydrogen-bond acceptors (Lipinski definition) is 4. The van der Waals surface area contributed by atoms with Crippen molar-refractivity contribution in [3.8, 4) is 5.75 Å². The highest BCUT2D eigenvalue weighted by molar-refractivity contribution is 7.89. The van der Waals surface area contributed by atoms with Crippen molar-refractivity contribution in [2.75, 3.05) is 24.6 Å². The van der Waals surface area contributed by atoms with Crippen molar-refractivity contribution in [3.63, 3.8) is 0 Å². The maximum atomic E-state index is 11.5. The Morgan fingerprint density at radius 3 is 2.83 bits per heavy atom. The summed E-state index contributed by atoms with van der Waals surface area (Å²) in [4.78, 5) is 0. The second-order valence-corrected chi connectivity index (χ2v) is 6.04. The number of sulfonamides is 1. The summed E-state index contributed by atoms with van der Waals surface area (Å²) in [6.45, 7) is 3.44. The Hall–Kier alpha value is -1.24. The van der Waals surface area contributed by atoms with Crippen LogP contribution in [0.2, 0.25) is 0 Å². The molecule has 18 heavy (non-hydrogen) atoms. The highest BCUT2D eigenvalue weighted by atomic mass is 35.5. The molecular weight excluding hydrogens is 276 g/mol. The predicted octanol–water partition coefficient (Wildman–Crippen LogP) is 1.32. The van der Waals surface area contributed by atoms with E-state index in [0.717, 1.165) is 0 Å². The Labute approximate surface area is 112 Å². The average molecular weight is 291 g/mol. The van der Waals surface area contributed by atoms with Gasteiger partial charge >= 0.3 is 0 Å². The van der Waals surface area contributed by atoms with Gasteiger partial charge in [0, 0.05) is 23.3 Å². The number of anilines is 1. The standard InChI is InChI=1S/C11H15ClN2O3S/c1-9(12)8-14-18(15,16)6-5-17-11-4-2-3-10(13)7-11/h2-4,7,14H,1,5-6,8,13H2. The molecular formula is C11H15ClN2O3S. The number of halogens is 1. The van der Waals surface area contributed by atoms with E-state index in [1.807, 2.05) is 0 Å². The highest BCUT2D eigenvalue weighted by Crippen LogP contribution is 2.14. The van der Waals surface area contributed by atoms with Crippen LogP contribution in [0.3, 0.4) is 0 Å². The minimum atomic E-state index is -3.41. The molecule has 0 radical (unpaired) electrons. The van der Waals surface area contributed by atoms with E-state index in [1.165, 1.54) is 0 Å². The molecule has 1 rings (SSSR count). The largest absolute Gasteiger partial charge is 0.492 e. The molecule has 0 aliphatic rings. The molecule has 0 spiro atoms. The molecule has 0 heterocycles. The van der Waals surface area contributed by atoms with Crippen LogP contribution < -0.4 is 15.2 Å². The molecule has 7 heteroatoms. The molecule has 0 aromatic heterocycles. The van der Waals surface area contributed by atoms with Gasteiger partial charge in [-0.25, -0.2) is 13.1 Å². The fourth-order valence-electron chi connectivity index (χ4n) is 1.13. The van der Waals surface area contributed by atoms with Crippen LogP contribution in [0.5, 0.6) is 5.75 Å². The van der Waals surface area contributed by atoms with Gasteiger partial charge in [-0.1, -0.05) is 24.2 Å². The molecule has 100 valence electrons. The number of ether oxygens (including phenoxy) is 1. The number of rotatable bonds is 7. The Balaban J connectivity index is 2.39. The van der Waals surface area contributed by atoms with Crippen molar-refractivity contribution in [1.82, 2.24) is 4.72 Å². The van der Waals surface area contributed by atoms with E-state index in [-0.39, 0.29) is 23.9 Å². The number of nitrogen functional groups attached to an aromatic ring is 1. The Morgan fingerprint density at radius 2 is 2.22 bits per heavy atom. The molecule has 0 atom stereocenters. The van der Waals surface area contributed by atoms with Gasteiger partial charge in [0.05, 0.1) is 5.75 Å². The lowest BCUT2D eigenvalue weighted by Crippen LogP contribution is -2.29. The molecule has 0 fully saturated rings. The molecule has 3 N–H and O–H groups in total. The molecule has 1 aromatic rings. The van der Waals surface area contributed by atoms with Crippen molar-refractivity contribution >= 4 is 27.3 Å².